The van der Waals surface area contributed by atoms with Gasteiger partial charge in [-0.05, 0) is 48.2 Å². The number of rotatable bonds is 9. The Morgan fingerprint density at radius 2 is 1.68 bits per heavy atom. The van der Waals surface area contributed by atoms with Crippen LogP contribution in [0.4, 0.5) is 17.6 Å². The molecule has 11 heteroatoms. The Bertz CT molecular complexity index is 1090. The summed E-state index contributed by atoms with van der Waals surface area (Å²) >= 11 is 0. The molecule has 2 fully saturated rings. The lowest BCUT2D eigenvalue weighted by molar-refractivity contribution is -0.366. The Balaban J connectivity index is 1.52. The molecule has 0 amide bonds. The molecule has 38 heavy (non-hydrogen) atoms. The number of alkyl halides is 3. The SMILES string of the molecule is COC[C@H]1OC(OC)(c2ccc(F)c(Cc3ccc(OCC4(C(F)(F)F)CCC4)cc3)c2)[C@H](O)[C@@H](O)[C@@H]1O. The van der Waals surface area contributed by atoms with E-state index in [4.69, 9.17) is 18.9 Å². The lowest BCUT2D eigenvalue weighted by Crippen LogP contribution is -2.64. The Kier molecular flexibility index (Phi) is 8.37. The molecule has 1 aliphatic carbocycles. The molecule has 2 aromatic rings. The largest absolute Gasteiger partial charge is 0.493 e. The Labute approximate surface area is 217 Å². The van der Waals surface area contributed by atoms with Gasteiger partial charge in [0.2, 0.25) is 5.79 Å². The maximum absolute atomic E-state index is 14.8. The summed E-state index contributed by atoms with van der Waals surface area (Å²) in [5, 5.41) is 31.5. The summed E-state index contributed by atoms with van der Waals surface area (Å²) in [6, 6.07) is 10.3. The predicted octanol–water partition coefficient (Wildman–Crippen LogP) is 3.46. The van der Waals surface area contributed by atoms with E-state index in [1.165, 1.54) is 44.6 Å². The van der Waals surface area contributed by atoms with Crippen LogP contribution >= 0.6 is 0 Å². The van der Waals surface area contributed by atoms with Gasteiger partial charge < -0.3 is 34.3 Å². The average Bonchev–Trinajstić information content (AvgIpc) is 2.85. The number of hydrogen-bond donors (Lipinski definition) is 3. The van der Waals surface area contributed by atoms with Crippen LogP contribution in [-0.4, -0.2) is 73.3 Å². The Morgan fingerprint density at radius 3 is 2.24 bits per heavy atom. The molecular weight excluding hydrogens is 512 g/mol. The smallest absolute Gasteiger partial charge is 0.397 e. The van der Waals surface area contributed by atoms with Gasteiger partial charge >= 0.3 is 6.18 Å². The standard InChI is InChI=1S/C27H32F4O7/c1-35-14-21-22(32)23(33)24(34)26(36-2,38-21)18-6-9-20(28)17(13-18)12-16-4-7-19(8-5-16)37-15-25(10-3-11-25)27(29,30)31/h4-9,13,21-24,32-34H,3,10-12,14-15H2,1-2H3/t21-,22-,23+,24-,26?/m1/s1. The highest BCUT2D eigenvalue weighted by Gasteiger charge is 2.59. The molecule has 3 N–H and O–H groups in total. The van der Waals surface area contributed by atoms with Crippen molar-refractivity contribution in [3.05, 3.63) is 65.0 Å². The molecule has 0 bridgehead atoms. The summed E-state index contributed by atoms with van der Waals surface area (Å²) in [7, 11) is 2.64. The van der Waals surface area contributed by atoms with Crippen molar-refractivity contribution in [2.75, 3.05) is 27.4 Å². The lowest BCUT2D eigenvalue weighted by atomic mass is 9.69. The zero-order chi connectivity index (χ0) is 27.7. The van der Waals surface area contributed by atoms with Crippen molar-refractivity contribution in [1.82, 2.24) is 0 Å². The molecule has 1 heterocycles. The Hall–Kier alpha value is -2.28. The average molecular weight is 545 g/mol. The van der Waals surface area contributed by atoms with E-state index in [1.54, 1.807) is 12.1 Å². The van der Waals surface area contributed by atoms with Crippen molar-refractivity contribution < 1.29 is 51.8 Å². The topological polar surface area (TPSA) is 97.6 Å². The zero-order valence-corrected chi connectivity index (χ0v) is 21.1. The lowest BCUT2D eigenvalue weighted by Gasteiger charge is -2.48. The van der Waals surface area contributed by atoms with E-state index in [1.807, 2.05) is 0 Å². The molecule has 1 unspecified atom stereocenters. The minimum absolute atomic E-state index is 0.0494. The Morgan fingerprint density at radius 1 is 1.00 bits per heavy atom. The van der Waals surface area contributed by atoms with Crippen LogP contribution in [0.5, 0.6) is 5.75 Å². The molecular formula is C27H32F4O7. The van der Waals surface area contributed by atoms with E-state index in [0.29, 0.717) is 12.0 Å². The number of benzene rings is 2. The van der Waals surface area contributed by atoms with E-state index in [9.17, 15) is 32.9 Å². The van der Waals surface area contributed by atoms with Gasteiger partial charge in [-0.25, -0.2) is 4.39 Å². The number of aliphatic hydroxyl groups is 3. The molecule has 0 radical (unpaired) electrons. The predicted molar refractivity (Wildman–Crippen MR) is 127 cm³/mol. The molecule has 0 aromatic heterocycles. The third-order valence-electron chi connectivity index (χ3n) is 7.60. The summed E-state index contributed by atoms with van der Waals surface area (Å²) in [4.78, 5) is 0. The van der Waals surface area contributed by atoms with Crippen molar-refractivity contribution >= 4 is 0 Å². The first-order valence-corrected chi connectivity index (χ1v) is 12.3. The number of aliphatic hydroxyl groups excluding tert-OH is 3. The van der Waals surface area contributed by atoms with Gasteiger partial charge in [0.1, 0.15) is 42.6 Å². The minimum atomic E-state index is -4.32. The van der Waals surface area contributed by atoms with Crippen LogP contribution in [0, 0.1) is 11.2 Å². The molecule has 4 rings (SSSR count). The highest BCUT2D eigenvalue weighted by Crippen LogP contribution is 2.53. The zero-order valence-electron chi connectivity index (χ0n) is 21.1. The molecule has 1 aliphatic heterocycles. The van der Waals surface area contributed by atoms with Gasteiger partial charge in [-0.15, -0.1) is 0 Å². The second-order valence-corrected chi connectivity index (χ2v) is 9.96. The van der Waals surface area contributed by atoms with E-state index in [0.717, 1.165) is 0 Å². The van der Waals surface area contributed by atoms with E-state index in [-0.39, 0.29) is 42.7 Å². The van der Waals surface area contributed by atoms with Crippen molar-refractivity contribution in [1.29, 1.82) is 0 Å². The van der Waals surface area contributed by atoms with Crippen LogP contribution in [0.3, 0.4) is 0 Å². The van der Waals surface area contributed by atoms with Gasteiger partial charge in [0.25, 0.3) is 0 Å². The quantitative estimate of drug-likeness (QED) is 0.416. The summed E-state index contributed by atoms with van der Waals surface area (Å²) in [5.74, 6) is -2.16. The van der Waals surface area contributed by atoms with Crippen molar-refractivity contribution in [3.63, 3.8) is 0 Å². The van der Waals surface area contributed by atoms with Gasteiger partial charge in [0, 0.05) is 26.2 Å². The van der Waals surface area contributed by atoms with Crippen LogP contribution in [0.15, 0.2) is 42.5 Å². The van der Waals surface area contributed by atoms with E-state index >= 15 is 0 Å². The van der Waals surface area contributed by atoms with Gasteiger partial charge in [-0.3, -0.25) is 0 Å². The summed E-state index contributed by atoms with van der Waals surface area (Å²) in [6.07, 6.45) is -9.38. The van der Waals surface area contributed by atoms with Crippen LogP contribution < -0.4 is 4.74 Å². The molecule has 0 spiro atoms. The first-order chi connectivity index (χ1) is 18.0. The third-order valence-corrected chi connectivity index (χ3v) is 7.60. The van der Waals surface area contributed by atoms with Gasteiger partial charge in [-0.1, -0.05) is 24.6 Å². The normalized spacial score (nSPS) is 29.1. The van der Waals surface area contributed by atoms with Crippen molar-refractivity contribution in [2.45, 2.75) is 62.1 Å². The second-order valence-electron chi connectivity index (χ2n) is 9.96. The van der Waals surface area contributed by atoms with Gasteiger partial charge in [-0.2, -0.15) is 13.2 Å². The molecule has 7 nitrogen and oxygen atoms in total. The first-order valence-electron chi connectivity index (χ1n) is 12.3. The number of ether oxygens (including phenoxy) is 4. The van der Waals surface area contributed by atoms with Crippen molar-refractivity contribution in [2.24, 2.45) is 5.41 Å². The van der Waals surface area contributed by atoms with Crippen LogP contribution in [0.2, 0.25) is 0 Å². The number of methoxy groups -OCH3 is 2. The third kappa shape index (κ3) is 5.28. The van der Waals surface area contributed by atoms with Gasteiger partial charge in [0.15, 0.2) is 0 Å². The second kappa shape index (κ2) is 11.1. The molecule has 2 aromatic carbocycles. The maximum atomic E-state index is 14.8. The highest BCUT2D eigenvalue weighted by atomic mass is 19.4. The summed E-state index contributed by atoms with van der Waals surface area (Å²) < 4.78 is 76.8. The fraction of sp³-hybridized carbons (Fsp3) is 0.556. The number of hydrogen-bond acceptors (Lipinski definition) is 7. The van der Waals surface area contributed by atoms with E-state index in [2.05, 4.69) is 0 Å². The molecule has 2 aliphatic rings. The summed E-state index contributed by atoms with van der Waals surface area (Å²) in [5.41, 5.74) is -0.706. The van der Waals surface area contributed by atoms with Crippen molar-refractivity contribution in [3.8, 4) is 5.75 Å². The number of halogens is 4. The van der Waals surface area contributed by atoms with Crippen LogP contribution in [0.1, 0.15) is 36.0 Å². The summed E-state index contributed by atoms with van der Waals surface area (Å²) in [6.45, 7) is -0.540. The molecule has 5 atom stereocenters. The molecule has 210 valence electrons. The monoisotopic (exact) mass is 544 g/mol. The fourth-order valence-electron chi connectivity index (χ4n) is 5.00. The minimum Gasteiger partial charge on any atom is -0.493 e. The molecule has 1 saturated heterocycles. The first kappa shape index (κ1) is 28.7. The highest BCUT2D eigenvalue weighted by molar-refractivity contribution is 5.36. The maximum Gasteiger partial charge on any atom is 0.397 e. The van der Waals surface area contributed by atoms with Crippen LogP contribution in [0.25, 0.3) is 0 Å². The molecule has 1 saturated carbocycles. The van der Waals surface area contributed by atoms with Crippen LogP contribution in [-0.2, 0) is 26.4 Å². The van der Waals surface area contributed by atoms with E-state index < -0.39 is 54.2 Å². The van der Waals surface area contributed by atoms with Gasteiger partial charge in [0.05, 0.1) is 12.0 Å². The fourth-order valence-corrected chi connectivity index (χ4v) is 5.00.